The minimum Gasteiger partial charge on any atom is -0.460 e. The van der Waals surface area contributed by atoms with Gasteiger partial charge in [-0.25, -0.2) is 4.79 Å². The second-order valence-corrected chi connectivity index (χ2v) is 19.0. The van der Waals surface area contributed by atoms with E-state index in [1.54, 1.807) is 41.9 Å². The second-order valence-electron chi connectivity index (χ2n) is 19.0. The zero-order valence-corrected chi connectivity index (χ0v) is 38.9. The third-order valence-corrected chi connectivity index (χ3v) is 14.0. The molecule has 15 atom stereocenters. The number of allylic oxidation sites excluding steroid dienone is 6. The van der Waals surface area contributed by atoms with Crippen molar-refractivity contribution in [1.82, 2.24) is 4.90 Å². The van der Waals surface area contributed by atoms with Gasteiger partial charge in [0.25, 0.3) is 11.7 Å². The van der Waals surface area contributed by atoms with Crippen LogP contribution in [0.15, 0.2) is 47.6 Å². The Labute approximate surface area is 374 Å². The molecule has 3 fully saturated rings. The van der Waals surface area contributed by atoms with Crippen LogP contribution in [0.4, 0.5) is 0 Å². The highest BCUT2D eigenvalue weighted by Gasteiger charge is 2.53. The summed E-state index contributed by atoms with van der Waals surface area (Å²) in [6, 6.07) is -1.14. The van der Waals surface area contributed by atoms with Crippen LogP contribution in [0.3, 0.4) is 0 Å². The molecule has 1 unspecified atom stereocenters. The van der Waals surface area contributed by atoms with Crippen molar-refractivity contribution in [2.45, 2.75) is 174 Å². The summed E-state index contributed by atoms with van der Waals surface area (Å²) in [6.45, 7) is 12.4. The van der Waals surface area contributed by atoms with Gasteiger partial charge in [-0.2, -0.15) is 0 Å². The summed E-state index contributed by atoms with van der Waals surface area (Å²) in [5.74, 6) is -8.60. The molecule has 63 heavy (non-hydrogen) atoms. The summed E-state index contributed by atoms with van der Waals surface area (Å²) in [5, 5.41) is 44.3. The van der Waals surface area contributed by atoms with Crippen molar-refractivity contribution < 1.29 is 63.3 Å². The number of Topliss-reactive ketones (excluding diaryl/α,β-unsaturated/α-hetero) is 3. The first-order valence-corrected chi connectivity index (χ1v) is 23.0. The van der Waals surface area contributed by atoms with Crippen LogP contribution in [-0.4, -0.2) is 130 Å². The molecule has 1 aliphatic carbocycles. The van der Waals surface area contributed by atoms with Gasteiger partial charge in [-0.3, -0.25) is 19.2 Å². The molecule has 0 radical (unpaired) electrons. The van der Waals surface area contributed by atoms with Gasteiger partial charge in [0.1, 0.15) is 30.1 Å². The van der Waals surface area contributed by atoms with Gasteiger partial charge in [-0.1, -0.05) is 71.1 Å². The van der Waals surface area contributed by atoms with Gasteiger partial charge in [-0.05, 0) is 101 Å². The lowest BCUT2D eigenvalue weighted by Crippen LogP contribution is -2.59. The number of hydrogen-bond acceptors (Lipinski definition) is 13. The number of ether oxygens (including phenoxy) is 4. The van der Waals surface area contributed by atoms with E-state index in [0.717, 1.165) is 10.5 Å². The van der Waals surface area contributed by atoms with E-state index >= 15 is 0 Å². The molecule has 4 aliphatic rings. The molecule has 3 aliphatic heterocycles. The molecule has 4 N–H and O–H groups in total. The lowest BCUT2D eigenvalue weighted by Gasteiger charge is -2.41. The Kier molecular flexibility index (Phi) is 19.7. The van der Waals surface area contributed by atoms with Crippen LogP contribution in [0.25, 0.3) is 0 Å². The average Bonchev–Trinajstić information content (AvgIpc) is 3.75. The SMILES string of the molecule is CO[C@H]1C[C@@H]2CC[C@@H](C)[C@@](O)(O2)C(=O)C(=O)N2CCC[C@H]2C(=O)O[C@H]([C@H](C)C[C@@H]2CC[C@@H](O)[C@H](OC)C2)CC(=O)C(C)/C=C(\C)[C@@H](O)[C@@H](O)C(=O)[C@H](C)C[C@H](C)/C=C/C=C/C=C1C. The van der Waals surface area contributed by atoms with Gasteiger partial charge in [0.05, 0.1) is 24.4 Å². The Morgan fingerprint density at radius 3 is 2.25 bits per heavy atom. The normalized spacial score (nSPS) is 40.3. The number of aliphatic hydroxyl groups is 4. The molecule has 4 rings (SSSR count). The molecular weight excluding hydrogens is 811 g/mol. The Hall–Kier alpha value is -3.37. The van der Waals surface area contributed by atoms with Gasteiger partial charge in [-0.15, -0.1) is 0 Å². The Morgan fingerprint density at radius 2 is 1.57 bits per heavy atom. The van der Waals surface area contributed by atoms with Crippen LogP contribution < -0.4 is 0 Å². The van der Waals surface area contributed by atoms with E-state index in [1.807, 2.05) is 51.2 Å². The fraction of sp³-hybridized carbons (Fsp3) is 0.735. The number of esters is 1. The summed E-state index contributed by atoms with van der Waals surface area (Å²) in [6.07, 6.45) is 9.14. The summed E-state index contributed by atoms with van der Waals surface area (Å²) in [7, 11) is 3.12. The number of rotatable bonds is 5. The monoisotopic (exact) mass is 886 g/mol. The number of cyclic esters (lactones) is 1. The number of methoxy groups -OCH3 is 2. The van der Waals surface area contributed by atoms with Crippen molar-refractivity contribution >= 4 is 29.2 Å². The molecule has 2 saturated heterocycles. The number of hydrogen-bond donors (Lipinski definition) is 4. The summed E-state index contributed by atoms with van der Waals surface area (Å²) >= 11 is 0. The van der Waals surface area contributed by atoms with Gasteiger partial charge >= 0.3 is 5.97 Å². The number of ketones is 3. The number of carbonyl (C=O) groups excluding carboxylic acids is 5. The van der Waals surface area contributed by atoms with E-state index in [4.69, 9.17) is 18.9 Å². The first kappa shape index (κ1) is 52.3. The summed E-state index contributed by atoms with van der Waals surface area (Å²) < 4.78 is 23.6. The first-order valence-electron chi connectivity index (χ1n) is 23.0. The third kappa shape index (κ3) is 13.6. The number of fused-ring (bicyclic) bond motifs is 3. The lowest BCUT2D eigenvalue weighted by atomic mass is 9.78. The van der Waals surface area contributed by atoms with Crippen LogP contribution in [0.2, 0.25) is 0 Å². The topological polar surface area (TPSA) is 206 Å². The maximum absolute atomic E-state index is 14.2. The van der Waals surface area contributed by atoms with Gasteiger partial charge < -0.3 is 44.3 Å². The van der Waals surface area contributed by atoms with E-state index < -0.39 is 89.6 Å². The fourth-order valence-electron chi connectivity index (χ4n) is 9.73. The van der Waals surface area contributed by atoms with Crippen molar-refractivity contribution in [3.05, 3.63) is 47.6 Å². The minimum atomic E-state index is -2.43. The number of carbonyl (C=O) groups is 5. The van der Waals surface area contributed by atoms with Crippen molar-refractivity contribution in [3.8, 4) is 0 Å². The highest BCUT2D eigenvalue weighted by Crippen LogP contribution is 2.38. The Balaban J connectivity index is 1.67. The predicted octanol–water partition coefficient (Wildman–Crippen LogP) is 5.14. The van der Waals surface area contributed by atoms with Crippen molar-refractivity contribution in [3.63, 3.8) is 0 Å². The van der Waals surface area contributed by atoms with E-state index in [0.29, 0.717) is 57.8 Å². The van der Waals surface area contributed by atoms with E-state index in [1.165, 1.54) is 6.08 Å². The number of aliphatic hydroxyl groups excluding tert-OH is 3. The molecule has 14 nitrogen and oxygen atoms in total. The van der Waals surface area contributed by atoms with Crippen LogP contribution in [0.1, 0.15) is 119 Å². The largest absolute Gasteiger partial charge is 0.460 e. The van der Waals surface area contributed by atoms with E-state index in [-0.39, 0.29) is 54.6 Å². The first-order chi connectivity index (χ1) is 29.7. The van der Waals surface area contributed by atoms with Crippen LogP contribution >= 0.6 is 0 Å². The van der Waals surface area contributed by atoms with Crippen molar-refractivity contribution in [2.24, 2.45) is 35.5 Å². The molecule has 0 aromatic carbocycles. The van der Waals surface area contributed by atoms with Crippen molar-refractivity contribution in [1.29, 1.82) is 0 Å². The lowest BCUT2D eigenvalue weighted by molar-refractivity contribution is -0.265. The molecule has 0 aromatic heterocycles. The summed E-state index contributed by atoms with van der Waals surface area (Å²) in [5.41, 5.74) is 1.11. The zero-order valence-electron chi connectivity index (χ0n) is 38.9. The highest BCUT2D eigenvalue weighted by molar-refractivity contribution is 6.39. The van der Waals surface area contributed by atoms with Crippen LogP contribution in [0.5, 0.6) is 0 Å². The molecule has 0 aromatic rings. The maximum Gasteiger partial charge on any atom is 0.329 e. The van der Waals surface area contributed by atoms with Gasteiger partial charge in [0.15, 0.2) is 5.78 Å². The van der Waals surface area contributed by atoms with E-state index in [9.17, 15) is 44.4 Å². The molecule has 1 saturated carbocycles. The Bertz CT molecular complexity index is 1720. The highest BCUT2D eigenvalue weighted by atomic mass is 16.6. The zero-order chi connectivity index (χ0) is 46.8. The molecule has 354 valence electrons. The molecule has 3 heterocycles. The molecule has 2 bridgehead atoms. The molecule has 1 amide bonds. The van der Waals surface area contributed by atoms with E-state index in [2.05, 4.69) is 0 Å². The Morgan fingerprint density at radius 1 is 0.857 bits per heavy atom. The minimum absolute atomic E-state index is 0.0360. The van der Waals surface area contributed by atoms with Gasteiger partial charge in [0.2, 0.25) is 5.79 Å². The standard InChI is InChI=1S/C49H75NO13/c1-28-14-11-10-12-15-29(2)40(60-8)26-36-19-17-34(7)49(59,63-36)46(56)47(57)50-21-13-16-37(50)48(58)62-41(31(4)24-35-18-20-38(51)42(25-35)61-9)27-39(52)30(3)23-33(6)44(54)45(55)43(53)32(5)22-28/h10-12,14-15,23,28,30-32,34-38,40-42,44-45,51,54-55,59H,13,16-22,24-27H2,1-9H3/b12-10+,14-11+,29-15?,33-23+/t28-,30?,31-,32-,34-,35+,36+,37+,38-,40+,41+,42-,44-,45+,49-/m1/s1. The predicted molar refractivity (Wildman–Crippen MR) is 236 cm³/mol. The smallest absolute Gasteiger partial charge is 0.329 e. The molecular formula is C49H75NO13. The summed E-state index contributed by atoms with van der Waals surface area (Å²) in [4.78, 5) is 70.7. The molecule has 0 spiro atoms. The van der Waals surface area contributed by atoms with Gasteiger partial charge in [0, 0.05) is 51.4 Å². The molecule has 14 heteroatoms. The fourth-order valence-corrected chi connectivity index (χ4v) is 9.73. The van der Waals surface area contributed by atoms with Crippen molar-refractivity contribution in [2.75, 3.05) is 20.8 Å². The quantitative estimate of drug-likeness (QED) is 0.161. The second kappa shape index (κ2) is 23.7. The average molecular weight is 886 g/mol. The third-order valence-electron chi connectivity index (χ3n) is 14.0. The number of nitrogens with zero attached hydrogens (tertiary/aromatic N) is 1. The number of amides is 1. The van der Waals surface area contributed by atoms with Crippen LogP contribution in [0, 0.1) is 35.5 Å². The maximum atomic E-state index is 14.2. The van der Waals surface area contributed by atoms with Crippen LogP contribution in [-0.2, 0) is 42.9 Å².